The zero-order valence-corrected chi connectivity index (χ0v) is 17.1. The van der Waals surface area contributed by atoms with Crippen LogP contribution in [0, 0.1) is 0 Å². The second-order valence-electron chi connectivity index (χ2n) is 5.85. The quantitative estimate of drug-likeness (QED) is 0.604. The van der Waals surface area contributed by atoms with Crippen molar-refractivity contribution in [3.8, 4) is 5.75 Å². The van der Waals surface area contributed by atoms with Crippen LogP contribution in [0.4, 0.5) is 0 Å². The van der Waals surface area contributed by atoms with Gasteiger partial charge in [0.15, 0.2) is 6.10 Å². The summed E-state index contributed by atoms with van der Waals surface area (Å²) in [6.07, 6.45) is -0.995. The van der Waals surface area contributed by atoms with Crippen LogP contribution in [-0.4, -0.2) is 37.5 Å². The molecule has 0 aliphatic carbocycles. The fourth-order valence-corrected chi connectivity index (χ4v) is 2.75. The molecule has 0 aliphatic rings. The van der Waals surface area contributed by atoms with Gasteiger partial charge in [-0.1, -0.05) is 40.2 Å². The predicted molar refractivity (Wildman–Crippen MR) is 107 cm³/mol. The lowest BCUT2D eigenvalue weighted by atomic mass is 10.2. The minimum absolute atomic E-state index is 0.240. The van der Waals surface area contributed by atoms with Crippen LogP contribution >= 0.6 is 15.9 Å². The maximum absolute atomic E-state index is 12.1. The van der Waals surface area contributed by atoms with Crippen molar-refractivity contribution in [3.05, 3.63) is 64.1 Å². The van der Waals surface area contributed by atoms with E-state index in [4.69, 9.17) is 9.47 Å². The third-order valence-electron chi connectivity index (χ3n) is 3.80. The number of benzene rings is 2. The second kappa shape index (κ2) is 10.5. The van der Waals surface area contributed by atoms with Crippen LogP contribution in [0.2, 0.25) is 0 Å². The first kappa shape index (κ1) is 21.4. The number of halogens is 1. The molecule has 2 aromatic rings. The molecule has 0 saturated heterocycles. The summed E-state index contributed by atoms with van der Waals surface area (Å²) in [7, 11) is 1.55. The Morgan fingerprint density at radius 1 is 1.07 bits per heavy atom. The lowest BCUT2D eigenvalue weighted by Gasteiger charge is -2.15. The van der Waals surface area contributed by atoms with E-state index >= 15 is 0 Å². The number of methoxy groups -OCH3 is 1. The van der Waals surface area contributed by atoms with Crippen LogP contribution in [-0.2, 0) is 20.9 Å². The first-order valence-corrected chi connectivity index (χ1v) is 9.33. The van der Waals surface area contributed by atoms with Crippen LogP contribution in [0.1, 0.15) is 22.8 Å². The predicted octanol–water partition coefficient (Wildman–Crippen LogP) is 2.44. The zero-order valence-electron chi connectivity index (χ0n) is 15.5. The first-order valence-electron chi connectivity index (χ1n) is 8.53. The molecule has 148 valence electrons. The molecule has 28 heavy (non-hydrogen) atoms. The molecule has 0 spiro atoms. The van der Waals surface area contributed by atoms with Crippen LogP contribution in [0.5, 0.6) is 5.75 Å². The number of carbonyl (C=O) groups is 3. The molecule has 2 amide bonds. The Bertz CT molecular complexity index is 856. The molecule has 2 N–H and O–H groups in total. The molecule has 8 heteroatoms. The van der Waals surface area contributed by atoms with E-state index in [0.29, 0.717) is 11.3 Å². The summed E-state index contributed by atoms with van der Waals surface area (Å²) in [6.45, 7) is 1.37. The van der Waals surface area contributed by atoms with Crippen molar-refractivity contribution in [2.24, 2.45) is 0 Å². The Hall–Kier alpha value is -2.87. The smallest absolute Gasteiger partial charge is 0.326 e. The average Bonchev–Trinajstić information content (AvgIpc) is 2.70. The number of hydrogen-bond donors (Lipinski definition) is 2. The Morgan fingerprint density at radius 2 is 1.82 bits per heavy atom. The topological polar surface area (TPSA) is 93.7 Å². The van der Waals surface area contributed by atoms with Gasteiger partial charge in [-0.2, -0.15) is 0 Å². The molecule has 7 nitrogen and oxygen atoms in total. The molecule has 2 rings (SSSR count). The normalized spacial score (nSPS) is 11.2. The summed E-state index contributed by atoms with van der Waals surface area (Å²) in [4.78, 5) is 36.0. The fourth-order valence-electron chi connectivity index (χ4n) is 2.35. The molecular formula is C20H21BrN2O5. The first-order chi connectivity index (χ1) is 13.4. The van der Waals surface area contributed by atoms with Gasteiger partial charge in [0, 0.05) is 22.1 Å². The van der Waals surface area contributed by atoms with Crippen molar-refractivity contribution in [3.63, 3.8) is 0 Å². The van der Waals surface area contributed by atoms with E-state index in [1.54, 1.807) is 37.4 Å². The SMILES string of the molecule is COc1ccccc1CNC(=O)C(C)OC(=O)CNC(=O)c1cccc(Br)c1. The third-order valence-corrected chi connectivity index (χ3v) is 4.30. The van der Waals surface area contributed by atoms with Crippen LogP contribution < -0.4 is 15.4 Å². The Morgan fingerprint density at radius 3 is 2.54 bits per heavy atom. The number of amides is 2. The van der Waals surface area contributed by atoms with E-state index in [9.17, 15) is 14.4 Å². The maximum atomic E-state index is 12.1. The van der Waals surface area contributed by atoms with Gasteiger partial charge in [0.1, 0.15) is 12.3 Å². The summed E-state index contributed by atoms with van der Waals surface area (Å²) < 4.78 is 11.0. The number of ether oxygens (including phenoxy) is 2. The largest absolute Gasteiger partial charge is 0.496 e. The van der Waals surface area contributed by atoms with Gasteiger partial charge < -0.3 is 20.1 Å². The Labute approximate surface area is 171 Å². The van der Waals surface area contributed by atoms with Crippen LogP contribution in [0.25, 0.3) is 0 Å². The number of nitrogens with one attached hydrogen (secondary N) is 2. The van der Waals surface area contributed by atoms with E-state index in [-0.39, 0.29) is 13.1 Å². The number of hydrogen-bond acceptors (Lipinski definition) is 5. The van der Waals surface area contributed by atoms with E-state index in [0.717, 1.165) is 10.0 Å². The zero-order chi connectivity index (χ0) is 20.5. The average molecular weight is 449 g/mol. The molecule has 0 fully saturated rings. The highest BCUT2D eigenvalue weighted by atomic mass is 79.9. The lowest BCUT2D eigenvalue weighted by Crippen LogP contribution is -2.38. The highest BCUT2D eigenvalue weighted by Crippen LogP contribution is 2.16. The summed E-state index contributed by atoms with van der Waals surface area (Å²) in [6, 6.07) is 14.0. The van der Waals surface area contributed by atoms with Crippen molar-refractivity contribution in [1.82, 2.24) is 10.6 Å². The Kier molecular flexibility index (Phi) is 8.01. The van der Waals surface area contributed by atoms with Gasteiger partial charge in [-0.15, -0.1) is 0 Å². The third kappa shape index (κ3) is 6.38. The lowest BCUT2D eigenvalue weighted by molar-refractivity contribution is -0.153. The van der Waals surface area contributed by atoms with Gasteiger partial charge >= 0.3 is 5.97 Å². The van der Waals surface area contributed by atoms with Gasteiger partial charge in [0.25, 0.3) is 11.8 Å². The molecule has 1 unspecified atom stereocenters. The molecule has 0 saturated carbocycles. The maximum Gasteiger partial charge on any atom is 0.326 e. The number of para-hydroxylation sites is 1. The van der Waals surface area contributed by atoms with E-state index in [2.05, 4.69) is 26.6 Å². The number of esters is 1. The molecule has 0 aromatic heterocycles. The monoisotopic (exact) mass is 448 g/mol. The number of carbonyl (C=O) groups excluding carboxylic acids is 3. The van der Waals surface area contributed by atoms with E-state index in [1.807, 2.05) is 18.2 Å². The molecule has 0 bridgehead atoms. The Balaban J connectivity index is 1.78. The molecular weight excluding hydrogens is 428 g/mol. The highest BCUT2D eigenvalue weighted by molar-refractivity contribution is 9.10. The van der Waals surface area contributed by atoms with Gasteiger partial charge in [-0.25, -0.2) is 0 Å². The summed E-state index contributed by atoms with van der Waals surface area (Å²) in [5, 5.41) is 5.15. The van der Waals surface area contributed by atoms with Crippen molar-refractivity contribution < 1.29 is 23.9 Å². The minimum atomic E-state index is -0.995. The standard InChI is InChI=1S/C20H21BrN2O5/c1-13(19(25)22-11-15-6-3-4-9-17(15)27-2)28-18(24)12-23-20(26)14-7-5-8-16(21)10-14/h3-10,13H,11-12H2,1-2H3,(H,22,25)(H,23,26). The van der Waals surface area contributed by atoms with Gasteiger partial charge in [0.05, 0.1) is 7.11 Å². The van der Waals surface area contributed by atoms with Crippen molar-refractivity contribution >= 4 is 33.7 Å². The molecule has 0 aliphatic heterocycles. The van der Waals surface area contributed by atoms with Crippen molar-refractivity contribution in [2.75, 3.05) is 13.7 Å². The van der Waals surface area contributed by atoms with Gasteiger partial charge in [-0.3, -0.25) is 14.4 Å². The molecule has 0 heterocycles. The molecule has 0 radical (unpaired) electrons. The minimum Gasteiger partial charge on any atom is -0.496 e. The number of rotatable bonds is 8. The van der Waals surface area contributed by atoms with Crippen LogP contribution in [0.3, 0.4) is 0 Å². The molecule has 2 aromatic carbocycles. The van der Waals surface area contributed by atoms with Crippen molar-refractivity contribution in [1.29, 1.82) is 0 Å². The fraction of sp³-hybridized carbons (Fsp3) is 0.250. The van der Waals surface area contributed by atoms with Gasteiger partial charge in [0.2, 0.25) is 0 Å². The van der Waals surface area contributed by atoms with E-state index < -0.39 is 23.9 Å². The molecule has 1 atom stereocenters. The van der Waals surface area contributed by atoms with Crippen molar-refractivity contribution in [2.45, 2.75) is 19.6 Å². The van der Waals surface area contributed by atoms with Gasteiger partial charge in [-0.05, 0) is 31.2 Å². The summed E-state index contributed by atoms with van der Waals surface area (Å²) >= 11 is 3.28. The van der Waals surface area contributed by atoms with Crippen LogP contribution in [0.15, 0.2) is 53.0 Å². The summed E-state index contributed by atoms with van der Waals surface area (Å²) in [5.41, 5.74) is 1.21. The van der Waals surface area contributed by atoms with E-state index in [1.165, 1.54) is 6.92 Å². The summed E-state index contributed by atoms with van der Waals surface area (Å²) in [5.74, 6) is -0.907. The second-order valence-corrected chi connectivity index (χ2v) is 6.77. The highest BCUT2D eigenvalue weighted by Gasteiger charge is 2.18.